The van der Waals surface area contributed by atoms with Crippen LogP contribution >= 0.6 is 0 Å². The van der Waals surface area contributed by atoms with E-state index in [0.29, 0.717) is 17.6 Å². The van der Waals surface area contributed by atoms with E-state index in [1.165, 1.54) is 0 Å². The van der Waals surface area contributed by atoms with E-state index in [1.54, 1.807) is 49.2 Å². The Kier molecular flexibility index (Phi) is 4.30. The van der Waals surface area contributed by atoms with Gasteiger partial charge in [0, 0.05) is 48.7 Å². The molecule has 0 bridgehead atoms. The summed E-state index contributed by atoms with van der Waals surface area (Å²) in [5, 5.41) is 2.95. The molecule has 0 aliphatic heterocycles. The van der Waals surface area contributed by atoms with Crippen LogP contribution in [0, 0.1) is 0 Å². The predicted octanol–water partition coefficient (Wildman–Crippen LogP) is 3.02. The molecule has 3 heterocycles. The summed E-state index contributed by atoms with van der Waals surface area (Å²) in [4.78, 5) is 29.4. The number of carbonyl (C=O) groups excluding carboxylic acids is 1. The topological polar surface area (TPSA) is 80.7 Å². The van der Waals surface area contributed by atoms with Gasteiger partial charge in [-0.15, -0.1) is 0 Å². The number of amides is 1. The van der Waals surface area contributed by atoms with Gasteiger partial charge in [0.1, 0.15) is 0 Å². The van der Waals surface area contributed by atoms with Crippen molar-refractivity contribution in [2.75, 3.05) is 0 Å². The zero-order valence-corrected chi connectivity index (χ0v) is 13.8. The van der Waals surface area contributed by atoms with Crippen molar-refractivity contribution < 1.29 is 4.79 Å². The van der Waals surface area contributed by atoms with Crippen LogP contribution in [0.5, 0.6) is 0 Å². The molecule has 4 rings (SSSR count). The zero-order valence-electron chi connectivity index (χ0n) is 13.8. The summed E-state index contributed by atoms with van der Waals surface area (Å²) in [7, 11) is 0. The summed E-state index contributed by atoms with van der Waals surface area (Å²) in [6.45, 7) is 0.378. The normalized spacial score (nSPS) is 10.6. The highest BCUT2D eigenvalue weighted by atomic mass is 16.1. The van der Waals surface area contributed by atoms with Crippen LogP contribution in [-0.4, -0.2) is 25.8 Å². The highest BCUT2D eigenvalue weighted by molar-refractivity contribution is 5.97. The van der Waals surface area contributed by atoms with Gasteiger partial charge >= 0.3 is 0 Å². The lowest BCUT2D eigenvalue weighted by Crippen LogP contribution is -2.23. The Bertz CT molecular complexity index is 1070. The first-order valence-corrected chi connectivity index (χ1v) is 8.14. The second-order valence-corrected chi connectivity index (χ2v) is 5.69. The number of fused-ring (bicyclic) bond motifs is 1. The maximum atomic E-state index is 12.5. The van der Waals surface area contributed by atoms with Crippen molar-refractivity contribution in [3.63, 3.8) is 0 Å². The molecular formula is C20H15N5O. The molecule has 126 valence electrons. The van der Waals surface area contributed by atoms with Crippen molar-refractivity contribution >= 4 is 16.9 Å². The molecule has 1 aromatic carbocycles. The van der Waals surface area contributed by atoms with Crippen molar-refractivity contribution in [2.45, 2.75) is 6.54 Å². The van der Waals surface area contributed by atoms with Crippen LogP contribution in [0.1, 0.15) is 15.9 Å². The Labute approximate surface area is 150 Å². The van der Waals surface area contributed by atoms with Crippen molar-refractivity contribution in [3.05, 3.63) is 84.6 Å². The second-order valence-electron chi connectivity index (χ2n) is 5.69. The summed E-state index contributed by atoms with van der Waals surface area (Å²) in [5.41, 5.74) is 4.74. The number of benzene rings is 1. The molecule has 26 heavy (non-hydrogen) atoms. The van der Waals surface area contributed by atoms with E-state index >= 15 is 0 Å². The maximum Gasteiger partial charge on any atom is 0.251 e. The molecule has 0 unspecified atom stereocenters. The first-order valence-electron chi connectivity index (χ1n) is 8.14. The third-order valence-corrected chi connectivity index (χ3v) is 4.02. The van der Waals surface area contributed by atoms with Crippen LogP contribution in [0.25, 0.3) is 22.3 Å². The predicted molar refractivity (Wildman–Crippen MR) is 98.2 cm³/mol. The molecule has 3 aromatic heterocycles. The summed E-state index contributed by atoms with van der Waals surface area (Å²) < 4.78 is 0. The molecule has 0 atom stereocenters. The smallest absolute Gasteiger partial charge is 0.251 e. The monoisotopic (exact) mass is 341 g/mol. The fourth-order valence-electron chi connectivity index (χ4n) is 2.73. The van der Waals surface area contributed by atoms with Crippen LogP contribution in [-0.2, 0) is 6.54 Å². The minimum absolute atomic E-state index is 0.165. The number of nitrogens with one attached hydrogen (secondary N) is 1. The van der Waals surface area contributed by atoms with Gasteiger partial charge in [-0.1, -0.05) is 6.07 Å². The van der Waals surface area contributed by atoms with E-state index in [1.807, 2.05) is 24.3 Å². The number of carbonyl (C=O) groups is 1. The fraction of sp³-hybridized carbons (Fsp3) is 0.0500. The third kappa shape index (κ3) is 3.25. The standard InChI is InChI=1S/C20H15N5O/c26-20(15-3-4-17-18(12-15)23-11-10-22-17)25-13-16-2-1-7-24-19(16)14-5-8-21-9-6-14/h1-12H,13H2,(H,25,26). The Balaban J connectivity index is 1.54. The number of hydrogen-bond donors (Lipinski definition) is 1. The van der Waals surface area contributed by atoms with Gasteiger partial charge in [0.15, 0.2) is 0 Å². The van der Waals surface area contributed by atoms with E-state index in [0.717, 1.165) is 22.3 Å². The van der Waals surface area contributed by atoms with Crippen molar-refractivity contribution in [3.8, 4) is 11.3 Å². The van der Waals surface area contributed by atoms with E-state index < -0.39 is 0 Å². The quantitative estimate of drug-likeness (QED) is 0.617. The molecule has 0 spiro atoms. The summed E-state index contributed by atoms with van der Waals surface area (Å²) in [6, 6.07) is 12.9. The Morgan fingerprint density at radius 2 is 1.65 bits per heavy atom. The van der Waals surface area contributed by atoms with E-state index in [9.17, 15) is 4.79 Å². The number of rotatable bonds is 4. The molecule has 0 radical (unpaired) electrons. The molecule has 0 fully saturated rings. The van der Waals surface area contributed by atoms with Gasteiger partial charge in [-0.2, -0.15) is 0 Å². The van der Waals surface area contributed by atoms with Gasteiger partial charge in [-0.25, -0.2) is 0 Å². The van der Waals surface area contributed by atoms with Gasteiger partial charge in [-0.05, 0) is 42.0 Å². The Morgan fingerprint density at radius 1 is 0.846 bits per heavy atom. The van der Waals surface area contributed by atoms with Gasteiger partial charge in [0.05, 0.1) is 16.7 Å². The lowest BCUT2D eigenvalue weighted by Gasteiger charge is -2.10. The molecule has 6 nitrogen and oxygen atoms in total. The molecular weight excluding hydrogens is 326 g/mol. The Morgan fingerprint density at radius 3 is 2.50 bits per heavy atom. The van der Waals surface area contributed by atoms with Crippen molar-refractivity contribution in [2.24, 2.45) is 0 Å². The molecule has 0 saturated carbocycles. The van der Waals surface area contributed by atoms with Gasteiger partial charge in [-0.3, -0.25) is 24.7 Å². The van der Waals surface area contributed by atoms with Crippen molar-refractivity contribution in [1.29, 1.82) is 0 Å². The first kappa shape index (κ1) is 15.8. The highest BCUT2D eigenvalue weighted by Gasteiger charge is 2.10. The molecule has 6 heteroatoms. The van der Waals surface area contributed by atoms with E-state index in [4.69, 9.17) is 0 Å². The third-order valence-electron chi connectivity index (χ3n) is 4.02. The number of aromatic nitrogens is 4. The van der Waals surface area contributed by atoms with Crippen molar-refractivity contribution in [1.82, 2.24) is 25.3 Å². The molecule has 0 saturated heterocycles. The summed E-state index contributed by atoms with van der Waals surface area (Å²) in [6.07, 6.45) is 8.43. The average Bonchev–Trinajstić information content (AvgIpc) is 2.72. The lowest BCUT2D eigenvalue weighted by molar-refractivity contribution is 0.0951. The average molecular weight is 341 g/mol. The molecule has 1 N–H and O–H groups in total. The maximum absolute atomic E-state index is 12.5. The molecule has 4 aromatic rings. The minimum Gasteiger partial charge on any atom is -0.348 e. The van der Waals surface area contributed by atoms with Gasteiger partial charge in [0.25, 0.3) is 5.91 Å². The number of hydrogen-bond acceptors (Lipinski definition) is 5. The van der Waals surface area contributed by atoms with Crippen LogP contribution in [0.4, 0.5) is 0 Å². The first-order chi connectivity index (χ1) is 12.8. The summed E-state index contributed by atoms with van der Waals surface area (Å²) in [5.74, 6) is -0.165. The molecule has 1 amide bonds. The second kappa shape index (κ2) is 7.06. The summed E-state index contributed by atoms with van der Waals surface area (Å²) >= 11 is 0. The van der Waals surface area contributed by atoms with E-state index in [2.05, 4.69) is 25.3 Å². The molecule has 0 aliphatic rings. The van der Waals surface area contributed by atoms with Crippen LogP contribution in [0.2, 0.25) is 0 Å². The van der Waals surface area contributed by atoms with Gasteiger partial charge in [0.2, 0.25) is 0 Å². The minimum atomic E-state index is -0.165. The van der Waals surface area contributed by atoms with E-state index in [-0.39, 0.29) is 5.91 Å². The largest absolute Gasteiger partial charge is 0.348 e. The van der Waals surface area contributed by atoms with Crippen LogP contribution < -0.4 is 5.32 Å². The van der Waals surface area contributed by atoms with Gasteiger partial charge < -0.3 is 5.32 Å². The lowest BCUT2D eigenvalue weighted by atomic mass is 10.1. The van der Waals surface area contributed by atoms with Crippen LogP contribution in [0.15, 0.2) is 73.4 Å². The Hall–Kier alpha value is -3.67. The molecule has 0 aliphatic carbocycles. The van der Waals surface area contributed by atoms with Crippen LogP contribution in [0.3, 0.4) is 0 Å². The highest BCUT2D eigenvalue weighted by Crippen LogP contribution is 2.20. The number of pyridine rings is 2. The number of nitrogens with zero attached hydrogens (tertiary/aromatic N) is 4. The SMILES string of the molecule is O=C(NCc1cccnc1-c1ccncc1)c1ccc2nccnc2c1. The zero-order chi connectivity index (χ0) is 17.8. The fourth-order valence-corrected chi connectivity index (χ4v) is 2.73.